The van der Waals surface area contributed by atoms with Gasteiger partial charge in [-0.25, -0.2) is 0 Å². The first kappa shape index (κ1) is 12.6. The Kier molecular flexibility index (Phi) is 2.80. The minimum absolute atomic E-state index is 0.113. The molecule has 0 amide bonds. The SMILES string of the molecule is CC(=O)c1ccc2c(c1)CCN2Cc1nc(C2CC2)no1. The molecule has 5 heteroatoms. The molecule has 1 fully saturated rings. The maximum atomic E-state index is 11.4. The van der Waals surface area contributed by atoms with E-state index < -0.39 is 0 Å². The van der Waals surface area contributed by atoms with Gasteiger partial charge in [0.1, 0.15) is 0 Å². The zero-order chi connectivity index (χ0) is 14.4. The Morgan fingerprint density at radius 2 is 2.29 bits per heavy atom. The van der Waals surface area contributed by atoms with Gasteiger partial charge in [0.05, 0.1) is 6.54 Å². The number of ketones is 1. The second-order valence-electron chi connectivity index (χ2n) is 5.89. The van der Waals surface area contributed by atoms with Crippen LogP contribution in [0.3, 0.4) is 0 Å². The Morgan fingerprint density at radius 1 is 1.43 bits per heavy atom. The van der Waals surface area contributed by atoms with E-state index in [1.165, 1.54) is 24.1 Å². The second kappa shape index (κ2) is 4.69. The third-order valence-electron chi connectivity index (χ3n) is 4.23. The van der Waals surface area contributed by atoms with E-state index in [2.05, 4.69) is 15.0 Å². The van der Waals surface area contributed by atoms with Crippen molar-refractivity contribution in [2.24, 2.45) is 0 Å². The number of hydrogen-bond donors (Lipinski definition) is 0. The predicted octanol–water partition coefficient (Wildman–Crippen LogP) is 2.71. The standard InChI is InChI=1S/C16H17N3O2/c1-10(20)12-4-5-14-13(8-12)6-7-19(14)9-15-17-16(18-21-15)11-2-3-11/h4-5,8,11H,2-3,6-7,9H2,1H3. The molecular formula is C16H17N3O2. The van der Waals surface area contributed by atoms with Crippen molar-refractivity contribution in [3.63, 3.8) is 0 Å². The van der Waals surface area contributed by atoms with Crippen molar-refractivity contribution in [2.45, 2.75) is 38.6 Å². The zero-order valence-corrected chi connectivity index (χ0v) is 12.0. The van der Waals surface area contributed by atoms with E-state index in [9.17, 15) is 4.79 Å². The van der Waals surface area contributed by atoms with Crippen LogP contribution in [0.15, 0.2) is 22.7 Å². The molecule has 0 N–H and O–H groups in total. The highest BCUT2D eigenvalue weighted by atomic mass is 16.5. The highest BCUT2D eigenvalue weighted by Crippen LogP contribution is 2.38. The van der Waals surface area contributed by atoms with Crippen molar-refractivity contribution < 1.29 is 9.32 Å². The van der Waals surface area contributed by atoms with E-state index >= 15 is 0 Å². The second-order valence-corrected chi connectivity index (χ2v) is 5.89. The Bertz CT molecular complexity index is 703. The summed E-state index contributed by atoms with van der Waals surface area (Å²) in [6, 6.07) is 5.92. The molecule has 108 valence electrons. The molecule has 21 heavy (non-hydrogen) atoms. The maximum Gasteiger partial charge on any atom is 0.246 e. The quantitative estimate of drug-likeness (QED) is 0.807. The molecule has 2 aliphatic rings. The monoisotopic (exact) mass is 283 g/mol. The van der Waals surface area contributed by atoms with Crippen molar-refractivity contribution >= 4 is 11.5 Å². The number of anilines is 1. The lowest BCUT2D eigenvalue weighted by molar-refractivity contribution is 0.101. The number of aromatic nitrogens is 2. The number of benzene rings is 1. The summed E-state index contributed by atoms with van der Waals surface area (Å²) in [5, 5.41) is 4.06. The van der Waals surface area contributed by atoms with E-state index in [0.29, 0.717) is 18.4 Å². The van der Waals surface area contributed by atoms with Crippen LogP contribution in [0.2, 0.25) is 0 Å². The summed E-state index contributed by atoms with van der Waals surface area (Å²) in [5.41, 5.74) is 3.18. The number of carbonyl (C=O) groups excluding carboxylic acids is 1. The molecule has 4 rings (SSSR count). The zero-order valence-electron chi connectivity index (χ0n) is 12.0. The van der Waals surface area contributed by atoms with Gasteiger partial charge in [0.15, 0.2) is 11.6 Å². The Hall–Kier alpha value is -2.17. The van der Waals surface area contributed by atoms with Gasteiger partial charge in [0.25, 0.3) is 0 Å². The summed E-state index contributed by atoms with van der Waals surface area (Å²) in [5.74, 6) is 2.17. The topological polar surface area (TPSA) is 59.2 Å². The van der Waals surface area contributed by atoms with Crippen molar-refractivity contribution in [1.29, 1.82) is 0 Å². The highest BCUT2D eigenvalue weighted by molar-refractivity contribution is 5.94. The number of rotatable bonds is 4. The van der Waals surface area contributed by atoms with Crippen molar-refractivity contribution in [2.75, 3.05) is 11.4 Å². The van der Waals surface area contributed by atoms with Gasteiger partial charge in [-0.15, -0.1) is 0 Å². The van der Waals surface area contributed by atoms with Gasteiger partial charge in [-0.2, -0.15) is 4.98 Å². The van der Waals surface area contributed by atoms with Crippen LogP contribution in [0.25, 0.3) is 0 Å². The fraction of sp³-hybridized carbons (Fsp3) is 0.438. The minimum Gasteiger partial charge on any atom is -0.362 e. The summed E-state index contributed by atoms with van der Waals surface area (Å²) >= 11 is 0. The van der Waals surface area contributed by atoms with Crippen molar-refractivity contribution in [3.8, 4) is 0 Å². The highest BCUT2D eigenvalue weighted by Gasteiger charge is 2.29. The molecule has 5 nitrogen and oxygen atoms in total. The number of nitrogens with zero attached hydrogens (tertiary/aromatic N) is 3. The molecule has 0 saturated heterocycles. The van der Waals surface area contributed by atoms with Gasteiger partial charge >= 0.3 is 0 Å². The van der Waals surface area contributed by atoms with Crippen molar-refractivity contribution in [3.05, 3.63) is 41.0 Å². The van der Waals surface area contributed by atoms with Crippen LogP contribution in [-0.2, 0) is 13.0 Å². The van der Waals surface area contributed by atoms with Gasteiger partial charge in [0.2, 0.25) is 5.89 Å². The van der Waals surface area contributed by atoms with Gasteiger partial charge < -0.3 is 9.42 Å². The molecule has 0 radical (unpaired) electrons. The van der Waals surface area contributed by atoms with Crippen LogP contribution in [0, 0.1) is 0 Å². The molecule has 1 aliphatic heterocycles. The number of hydrogen-bond acceptors (Lipinski definition) is 5. The Morgan fingerprint density at radius 3 is 3.05 bits per heavy atom. The van der Waals surface area contributed by atoms with Crippen LogP contribution in [-0.4, -0.2) is 22.5 Å². The molecule has 0 bridgehead atoms. The lowest BCUT2D eigenvalue weighted by Gasteiger charge is -2.16. The Labute approximate surface area is 123 Å². The smallest absolute Gasteiger partial charge is 0.246 e. The van der Waals surface area contributed by atoms with E-state index in [4.69, 9.17) is 4.52 Å². The van der Waals surface area contributed by atoms with Gasteiger partial charge in [-0.3, -0.25) is 4.79 Å². The number of Topliss-reactive ketones (excluding diaryl/α,β-unsaturated/α-hetero) is 1. The minimum atomic E-state index is 0.113. The summed E-state index contributed by atoms with van der Waals surface area (Å²) in [6.45, 7) is 3.18. The molecule has 1 aromatic carbocycles. The lowest BCUT2D eigenvalue weighted by Crippen LogP contribution is -2.19. The molecule has 2 heterocycles. The fourth-order valence-electron chi connectivity index (χ4n) is 2.86. The average Bonchev–Trinajstić information content (AvgIpc) is 3.10. The van der Waals surface area contributed by atoms with E-state index in [1.807, 2.05) is 18.2 Å². The predicted molar refractivity (Wildman–Crippen MR) is 77.5 cm³/mol. The maximum absolute atomic E-state index is 11.4. The average molecular weight is 283 g/mol. The normalized spacial score (nSPS) is 17.1. The first-order chi connectivity index (χ1) is 10.2. The van der Waals surface area contributed by atoms with Crippen LogP contribution in [0.1, 0.15) is 53.3 Å². The largest absolute Gasteiger partial charge is 0.362 e. The molecule has 2 aromatic rings. The van der Waals surface area contributed by atoms with E-state index in [1.54, 1.807) is 6.92 Å². The summed E-state index contributed by atoms with van der Waals surface area (Å²) in [4.78, 5) is 18.2. The number of fused-ring (bicyclic) bond motifs is 1. The summed E-state index contributed by atoms with van der Waals surface area (Å²) in [6.07, 6.45) is 3.32. The van der Waals surface area contributed by atoms with E-state index in [-0.39, 0.29) is 5.78 Å². The fourth-order valence-corrected chi connectivity index (χ4v) is 2.86. The molecule has 1 aromatic heterocycles. The first-order valence-corrected chi connectivity index (χ1v) is 7.42. The molecule has 0 atom stereocenters. The molecular weight excluding hydrogens is 266 g/mol. The first-order valence-electron chi connectivity index (χ1n) is 7.42. The van der Waals surface area contributed by atoms with E-state index in [0.717, 1.165) is 24.4 Å². The van der Waals surface area contributed by atoms with Crippen LogP contribution in [0.4, 0.5) is 5.69 Å². The molecule has 1 aliphatic carbocycles. The summed E-state index contributed by atoms with van der Waals surface area (Å²) < 4.78 is 5.35. The summed E-state index contributed by atoms with van der Waals surface area (Å²) in [7, 11) is 0. The third-order valence-corrected chi connectivity index (χ3v) is 4.23. The van der Waals surface area contributed by atoms with Crippen molar-refractivity contribution in [1.82, 2.24) is 10.1 Å². The van der Waals surface area contributed by atoms with Gasteiger partial charge in [0, 0.05) is 23.7 Å². The van der Waals surface area contributed by atoms with Crippen LogP contribution >= 0.6 is 0 Å². The number of carbonyl (C=O) groups is 1. The van der Waals surface area contributed by atoms with Crippen LogP contribution < -0.4 is 4.90 Å². The molecule has 1 saturated carbocycles. The lowest BCUT2D eigenvalue weighted by atomic mass is 10.1. The third kappa shape index (κ3) is 2.33. The molecule has 0 spiro atoms. The van der Waals surface area contributed by atoms with Crippen LogP contribution in [0.5, 0.6) is 0 Å². The Balaban J connectivity index is 1.54. The van der Waals surface area contributed by atoms with Gasteiger partial charge in [-0.05, 0) is 49.9 Å². The molecule has 0 unspecified atom stereocenters. The van der Waals surface area contributed by atoms with Gasteiger partial charge in [-0.1, -0.05) is 5.16 Å².